The van der Waals surface area contributed by atoms with Gasteiger partial charge in [0.1, 0.15) is 0 Å². The summed E-state index contributed by atoms with van der Waals surface area (Å²) < 4.78 is 4.96. The number of methoxy groups -OCH3 is 1. The normalized spacial score (nSPS) is 17.9. The summed E-state index contributed by atoms with van der Waals surface area (Å²) in [7, 11) is 1.60. The number of hydrogen-bond donors (Lipinski definition) is 1. The number of aliphatic hydroxyl groups is 1. The summed E-state index contributed by atoms with van der Waals surface area (Å²) in [6, 6.07) is 3.78. The maximum atomic E-state index is 9.71. The monoisotopic (exact) mass is 193 g/mol. The summed E-state index contributed by atoms with van der Waals surface area (Å²) in [6.45, 7) is 0. The van der Waals surface area contributed by atoms with E-state index in [0.717, 1.165) is 5.56 Å². The largest absolute Gasteiger partial charge is 0.481 e. The van der Waals surface area contributed by atoms with Crippen LogP contribution < -0.4 is 4.74 Å². The molecule has 1 aromatic rings. The van der Waals surface area contributed by atoms with Gasteiger partial charge in [-0.25, -0.2) is 4.98 Å². The second-order valence-corrected chi connectivity index (χ2v) is 3.82. The van der Waals surface area contributed by atoms with Gasteiger partial charge in [0, 0.05) is 18.7 Å². The van der Waals surface area contributed by atoms with E-state index in [1.54, 1.807) is 13.3 Å². The summed E-state index contributed by atoms with van der Waals surface area (Å²) in [6.07, 6.45) is 4.63. The predicted molar refractivity (Wildman–Crippen MR) is 53.2 cm³/mol. The molecule has 1 aliphatic carbocycles. The Morgan fingerprint density at radius 2 is 2.36 bits per heavy atom. The minimum Gasteiger partial charge on any atom is -0.481 e. The first kappa shape index (κ1) is 9.46. The molecule has 1 heterocycles. The number of aliphatic hydroxyl groups excluding tert-OH is 1. The van der Waals surface area contributed by atoms with Crippen LogP contribution in [0.4, 0.5) is 0 Å². The van der Waals surface area contributed by atoms with Crippen molar-refractivity contribution < 1.29 is 9.84 Å². The van der Waals surface area contributed by atoms with Gasteiger partial charge in [-0.3, -0.25) is 0 Å². The zero-order valence-corrected chi connectivity index (χ0v) is 8.31. The second-order valence-electron chi connectivity index (χ2n) is 3.82. The number of hydrogen-bond acceptors (Lipinski definition) is 3. The molecule has 0 aliphatic heterocycles. The zero-order chi connectivity index (χ0) is 9.97. The van der Waals surface area contributed by atoms with E-state index in [-0.39, 0.29) is 6.10 Å². The van der Waals surface area contributed by atoms with Crippen LogP contribution in [-0.4, -0.2) is 23.3 Å². The molecule has 1 N–H and O–H groups in total. The molecule has 0 saturated heterocycles. The Labute approximate surface area is 83.7 Å². The molecule has 0 radical (unpaired) electrons. The van der Waals surface area contributed by atoms with Gasteiger partial charge in [0.2, 0.25) is 5.88 Å². The van der Waals surface area contributed by atoms with Crippen molar-refractivity contribution in [3.05, 3.63) is 23.9 Å². The maximum absolute atomic E-state index is 9.71. The number of pyridine rings is 1. The number of aromatic nitrogens is 1. The van der Waals surface area contributed by atoms with Gasteiger partial charge < -0.3 is 9.84 Å². The van der Waals surface area contributed by atoms with Gasteiger partial charge >= 0.3 is 0 Å². The van der Waals surface area contributed by atoms with Crippen LogP contribution in [0.1, 0.15) is 18.4 Å². The van der Waals surface area contributed by atoms with E-state index in [1.807, 2.05) is 12.1 Å². The molecule has 1 saturated carbocycles. The lowest BCUT2D eigenvalue weighted by molar-refractivity contribution is 0.151. The molecule has 0 aromatic carbocycles. The Bertz CT molecular complexity index is 293. The quantitative estimate of drug-likeness (QED) is 0.786. The molecule has 0 spiro atoms. The standard InChI is InChI=1S/C11H15NO2/c1-14-11-5-2-8(7-12-11)6-10(13)9-3-4-9/h2,5,7,9-10,13H,3-4,6H2,1H3. The van der Waals surface area contributed by atoms with Crippen molar-refractivity contribution in [3.8, 4) is 5.88 Å². The highest BCUT2D eigenvalue weighted by molar-refractivity contribution is 5.18. The summed E-state index contributed by atoms with van der Waals surface area (Å²) in [5.74, 6) is 1.15. The van der Waals surface area contributed by atoms with Gasteiger partial charge in [-0.15, -0.1) is 0 Å². The fraction of sp³-hybridized carbons (Fsp3) is 0.545. The SMILES string of the molecule is COc1ccc(CC(O)C2CC2)cn1. The van der Waals surface area contributed by atoms with Gasteiger partial charge in [0.15, 0.2) is 0 Å². The molecule has 1 atom stereocenters. The Morgan fingerprint density at radius 1 is 1.57 bits per heavy atom. The smallest absolute Gasteiger partial charge is 0.212 e. The van der Waals surface area contributed by atoms with Crippen molar-refractivity contribution in [2.75, 3.05) is 7.11 Å². The lowest BCUT2D eigenvalue weighted by Gasteiger charge is -2.08. The van der Waals surface area contributed by atoms with Crippen molar-refractivity contribution in [1.82, 2.24) is 4.98 Å². The molecule has 1 aromatic heterocycles. The van der Waals surface area contributed by atoms with Crippen LogP contribution in [0.15, 0.2) is 18.3 Å². The Morgan fingerprint density at radius 3 is 2.86 bits per heavy atom. The number of ether oxygens (including phenoxy) is 1. The van der Waals surface area contributed by atoms with Crippen molar-refractivity contribution in [2.45, 2.75) is 25.4 Å². The van der Waals surface area contributed by atoms with Crippen LogP contribution in [0.3, 0.4) is 0 Å². The van der Waals surface area contributed by atoms with Gasteiger partial charge in [0.25, 0.3) is 0 Å². The summed E-state index contributed by atoms with van der Waals surface area (Å²) in [4.78, 5) is 4.10. The highest BCUT2D eigenvalue weighted by Crippen LogP contribution is 2.33. The summed E-state index contributed by atoms with van der Waals surface area (Å²) in [5, 5.41) is 9.71. The predicted octanol–water partition coefficient (Wildman–Crippen LogP) is 1.40. The molecule has 3 nitrogen and oxygen atoms in total. The molecule has 1 fully saturated rings. The lowest BCUT2D eigenvalue weighted by Crippen LogP contribution is -2.12. The van der Waals surface area contributed by atoms with E-state index < -0.39 is 0 Å². The average Bonchev–Trinajstić information content (AvgIpc) is 3.02. The average molecular weight is 193 g/mol. The van der Waals surface area contributed by atoms with Crippen molar-refractivity contribution in [3.63, 3.8) is 0 Å². The van der Waals surface area contributed by atoms with Crippen LogP contribution >= 0.6 is 0 Å². The second kappa shape index (κ2) is 3.96. The molecule has 0 amide bonds. The van der Waals surface area contributed by atoms with Gasteiger partial charge in [0.05, 0.1) is 13.2 Å². The summed E-state index contributed by atoms with van der Waals surface area (Å²) in [5.41, 5.74) is 1.07. The van der Waals surface area contributed by atoms with Gasteiger partial charge in [-0.1, -0.05) is 6.07 Å². The first-order valence-electron chi connectivity index (χ1n) is 4.96. The Kier molecular flexibility index (Phi) is 2.68. The van der Waals surface area contributed by atoms with E-state index >= 15 is 0 Å². The highest BCUT2D eigenvalue weighted by Gasteiger charge is 2.29. The van der Waals surface area contributed by atoms with Gasteiger partial charge in [-0.05, 0) is 24.3 Å². The molecule has 14 heavy (non-hydrogen) atoms. The van der Waals surface area contributed by atoms with E-state index in [1.165, 1.54) is 12.8 Å². The third-order valence-electron chi connectivity index (χ3n) is 2.62. The number of rotatable bonds is 4. The minimum atomic E-state index is -0.190. The minimum absolute atomic E-state index is 0.190. The first-order chi connectivity index (χ1) is 6.79. The summed E-state index contributed by atoms with van der Waals surface area (Å²) >= 11 is 0. The van der Waals surface area contributed by atoms with Crippen molar-refractivity contribution in [2.24, 2.45) is 5.92 Å². The van der Waals surface area contributed by atoms with Crippen molar-refractivity contribution >= 4 is 0 Å². The van der Waals surface area contributed by atoms with Gasteiger partial charge in [-0.2, -0.15) is 0 Å². The molecular weight excluding hydrogens is 178 g/mol. The van der Waals surface area contributed by atoms with Crippen molar-refractivity contribution in [1.29, 1.82) is 0 Å². The molecule has 76 valence electrons. The Balaban J connectivity index is 1.95. The fourth-order valence-electron chi connectivity index (χ4n) is 1.54. The molecule has 1 unspecified atom stereocenters. The van der Waals surface area contributed by atoms with Crippen LogP contribution in [0, 0.1) is 5.92 Å². The van der Waals surface area contributed by atoms with Crippen LogP contribution in [0.2, 0.25) is 0 Å². The van der Waals surface area contributed by atoms with E-state index in [9.17, 15) is 5.11 Å². The Hall–Kier alpha value is -1.09. The molecular formula is C11H15NO2. The maximum Gasteiger partial charge on any atom is 0.212 e. The molecule has 3 heteroatoms. The zero-order valence-electron chi connectivity index (χ0n) is 8.31. The lowest BCUT2D eigenvalue weighted by atomic mass is 10.1. The van der Waals surface area contributed by atoms with E-state index in [2.05, 4.69) is 4.98 Å². The molecule has 0 bridgehead atoms. The number of nitrogens with zero attached hydrogens (tertiary/aromatic N) is 1. The van der Waals surface area contributed by atoms with Crippen LogP contribution in [-0.2, 0) is 6.42 Å². The highest BCUT2D eigenvalue weighted by atomic mass is 16.5. The van der Waals surface area contributed by atoms with Crippen LogP contribution in [0.5, 0.6) is 5.88 Å². The van der Waals surface area contributed by atoms with Crippen LogP contribution in [0.25, 0.3) is 0 Å². The van der Waals surface area contributed by atoms with E-state index in [4.69, 9.17) is 4.74 Å². The third kappa shape index (κ3) is 2.23. The molecule has 2 rings (SSSR count). The van der Waals surface area contributed by atoms with E-state index in [0.29, 0.717) is 18.2 Å². The fourth-order valence-corrected chi connectivity index (χ4v) is 1.54. The first-order valence-corrected chi connectivity index (χ1v) is 4.96. The third-order valence-corrected chi connectivity index (χ3v) is 2.62. The molecule has 1 aliphatic rings. The topological polar surface area (TPSA) is 42.4 Å².